The van der Waals surface area contributed by atoms with Gasteiger partial charge in [-0.3, -0.25) is 9.59 Å². The van der Waals surface area contributed by atoms with Gasteiger partial charge in [0.1, 0.15) is 0 Å². The molecule has 2 heterocycles. The van der Waals surface area contributed by atoms with E-state index in [0.29, 0.717) is 12.3 Å². The van der Waals surface area contributed by atoms with E-state index in [1.807, 2.05) is 21.9 Å². The Morgan fingerprint density at radius 1 is 1.04 bits per heavy atom. The highest BCUT2D eigenvalue weighted by Gasteiger charge is 2.30. The Balaban J connectivity index is 1.44. The highest BCUT2D eigenvalue weighted by atomic mass is 79.9. The Morgan fingerprint density at radius 3 is 2.42 bits per heavy atom. The number of benzene rings is 1. The molecule has 2 saturated heterocycles. The molecule has 2 aliphatic rings. The van der Waals surface area contributed by atoms with Crippen LogP contribution < -0.4 is 0 Å². The molecular weight excluding hydrogens is 368 g/mol. The first-order valence-electron chi connectivity index (χ1n) is 8.94. The van der Waals surface area contributed by atoms with Gasteiger partial charge in [-0.2, -0.15) is 0 Å². The highest BCUT2D eigenvalue weighted by molar-refractivity contribution is 9.10. The van der Waals surface area contributed by atoms with Crippen molar-refractivity contribution in [3.63, 3.8) is 0 Å². The van der Waals surface area contributed by atoms with Gasteiger partial charge in [0.05, 0.1) is 0 Å². The van der Waals surface area contributed by atoms with Crippen LogP contribution >= 0.6 is 15.9 Å². The molecule has 0 bridgehead atoms. The largest absolute Gasteiger partial charge is 0.343 e. The topological polar surface area (TPSA) is 40.6 Å². The molecule has 2 fully saturated rings. The second-order valence-electron chi connectivity index (χ2n) is 6.82. The molecule has 3 rings (SSSR count). The van der Waals surface area contributed by atoms with E-state index in [-0.39, 0.29) is 11.8 Å². The summed E-state index contributed by atoms with van der Waals surface area (Å²) in [5.41, 5.74) is 1.18. The van der Waals surface area contributed by atoms with Crippen LogP contribution in [0.1, 0.15) is 37.7 Å². The van der Waals surface area contributed by atoms with Crippen molar-refractivity contribution in [3.8, 4) is 0 Å². The fraction of sp³-hybridized carbons (Fsp3) is 0.579. The van der Waals surface area contributed by atoms with Crippen LogP contribution in [0.15, 0.2) is 28.7 Å². The Labute approximate surface area is 152 Å². The second-order valence-corrected chi connectivity index (χ2v) is 7.73. The van der Waals surface area contributed by atoms with E-state index in [1.54, 1.807) is 0 Å². The molecule has 0 aliphatic carbocycles. The molecule has 1 aromatic carbocycles. The molecular formula is C19H25BrN2O2. The van der Waals surface area contributed by atoms with Gasteiger partial charge in [0.15, 0.2) is 0 Å². The van der Waals surface area contributed by atoms with E-state index in [1.165, 1.54) is 5.56 Å². The van der Waals surface area contributed by atoms with Crippen LogP contribution in [-0.4, -0.2) is 47.8 Å². The summed E-state index contributed by atoms with van der Waals surface area (Å²) < 4.78 is 1.05. The van der Waals surface area contributed by atoms with E-state index in [2.05, 4.69) is 28.1 Å². The van der Waals surface area contributed by atoms with Gasteiger partial charge >= 0.3 is 0 Å². The fourth-order valence-corrected chi connectivity index (χ4v) is 4.12. The van der Waals surface area contributed by atoms with E-state index < -0.39 is 0 Å². The van der Waals surface area contributed by atoms with E-state index >= 15 is 0 Å². The maximum atomic E-state index is 12.4. The van der Waals surface area contributed by atoms with E-state index in [4.69, 9.17) is 0 Å². The van der Waals surface area contributed by atoms with Crippen LogP contribution in [0.25, 0.3) is 0 Å². The molecule has 2 aliphatic heterocycles. The van der Waals surface area contributed by atoms with Crippen LogP contribution in [0.4, 0.5) is 0 Å². The third-order valence-electron chi connectivity index (χ3n) is 5.13. The third kappa shape index (κ3) is 4.38. The molecule has 24 heavy (non-hydrogen) atoms. The van der Waals surface area contributed by atoms with Gasteiger partial charge in [-0.1, -0.05) is 28.1 Å². The molecule has 0 unspecified atom stereocenters. The van der Waals surface area contributed by atoms with Crippen molar-refractivity contribution < 1.29 is 9.59 Å². The Morgan fingerprint density at radius 2 is 1.75 bits per heavy atom. The van der Waals surface area contributed by atoms with Gasteiger partial charge in [0.25, 0.3) is 0 Å². The summed E-state index contributed by atoms with van der Waals surface area (Å²) in [4.78, 5) is 28.8. The first-order valence-corrected chi connectivity index (χ1v) is 9.74. The van der Waals surface area contributed by atoms with Crippen molar-refractivity contribution in [2.24, 2.45) is 5.92 Å². The Hall–Kier alpha value is -1.36. The monoisotopic (exact) mass is 392 g/mol. The quantitative estimate of drug-likeness (QED) is 0.788. The van der Waals surface area contributed by atoms with Crippen molar-refractivity contribution in [1.82, 2.24) is 9.80 Å². The van der Waals surface area contributed by atoms with E-state index in [0.717, 1.165) is 62.8 Å². The average Bonchev–Trinajstić information content (AvgIpc) is 3.14. The number of carbonyl (C=O) groups is 2. The first-order chi connectivity index (χ1) is 11.6. The number of likely N-dealkylation sites (tertiary alicyclic amines) is 2. The van der Waals surface area contributed by atoms with Gasteiger partial charge in [-0.05, 0) is 49.8 Å². The maximum absolute atomic E-state index is 12.4. The molecule has 4 nitrogen and oxygen atoms in total. The van der Waals surface area contributed by atoms with Crippen molar-refractivity contribution in [3.05, 3.63) is 34.3 Å². The lowest BCUT2D eigenvalue weighted by Gasteiger charge is -2.33. The predicted octanol–water partition coefficient (Wildman–Crippen LogP) is 3.24. The Bertz CT molecular complexity index is 591. The van der Waals surface area contributed by atoms with E-state index in [9.17, 15) is 9.59 Å². The number of piperidine rings is 1. The van der Waals surface area contributed by atoms with Crippen LogP contribution in [0.3, 0.4) is 0 Å². The second kappa shape index (κ2) is 8.15. The minimum Gasteiger partial charge on any atom is -0.343 e. The number of amides is 2. The summed E-state index contributed by atoms with van der Waals surface area (Å²) in [6, 6.07) is 8.11. The smallest absolute Gasteiger partial charge is 0.225 e. The summed E-state index contributed by atoms with van der Waals surface area (Å²) in [6.07, 6.45) is 5.22. The summed E-state index contributed by atoms with van der Waals surface area (Å²) in [6.45, 7) is 3.29. The normalized spacial score (nSPS) is 18.9. The lowest BCUT2D eigenvalue weighted by Crippen LogP contribution is -2.43. The first kappa shape index (κ1) is 17.5. The van der Waals surface area contributed by atoms with Crippen LogP contribution in [0.5, 0.6) is 0 Å². The number of aryl methyl sites for hydroxylation is 1. The summed E-state index contributed by atoms with van der Waals surface area (Å²) >= 11 is 3.46. The molecule has 5 heteroatoms. The van der Waals surface area contributed by atoms with Gasteiger partial charge in [-0.25, -0.2) is 0 Å². The summed E-state index contributed by atoms with van der Waals surface area (Å²) in [7, 11) is 0. The molecule has 0 saturated carbocycles. The molecule has 130 valence electrons. The van der Waals surface area contributed by atoms with Crippen molar-refractivity contribution >= 4 is 27.7 Å². The molecule has 0 spiro atoms. The lowest BCUT2D eigenvalue weighted by molar-refractivity contribution is -0.140. The number of rotatable bonds is 4. The molecule has 0 aromatic heterocycles. The summed E-state index contributed by atoms with van der Waals surface area (Å²) in [5, 5.41) is 0. The number of halogens is 1. The van der Waals surface area contributed by atoms with Crippen LogP contribution in [0.2, 0.25) is 0 Å². The summed E-state index contributed by atoms with van der Waals surface area (Å²) in [5.74, 6) is 0.646. The van der Waals surface area contributed by atoms with Crippen molar-refractivity contribution in [2.45, 2.75) is 38.5 Å². The van der Waals surface area contributed by atoms with Crippen LogP contribution in [0, 0.1) is 5.92 Å². The average molecular weight is 393 g/mol. The molecule has 0 N–H and O–H groups in total. The zero-order chi connectivity index (χ0) is 16.9. The maximum Gasteiger partial charge on any atom is 0.225 e. The van der Waals surface area contributed by atoms with Gasteiger partial charge in [-0.15, -0.1) is 0 Å². The number of hydrogen-bond donors (Lipinski definition) is 0. The third-order valence-corrected chi connectivity index (χ3v) is 5.62. The van der Waals surface area contributed by atoms with Crippen molar-refractivity contribution in [2.75, 3.05) is 26.2 Å². The minimum atomic E-state index is 0.122. The van der Waals surface area contributed by atoms with Gasteiger partial charge < -0.3 is 9.80 Å². The Kier molecular flexibility index (Phi) is 5.93. The highest BCUT2D eigenvalue weighted by Crippen LogP contribution is 2.23. The fourth-order valence-electron chi connectivity index (χ4n) is 3.67. The molecule has 1 aromatic rings. The minimum absolute atomic E-state index is 0.122. The number of carbonyl (C=O) groups excluding carboxylic acids is 2. The van der Waals surface area contributed by atoms with Crippen LogP contribution in [-0.2, 0) is 16.0 Å². The predicted molar refractivity (Wildman–Crippen MR) is 97.6 cm³/mol. The lowest BCUT2D eigenvalue weighted by atomic mass is 9.95. The zero-order valence-electron chi connectivity index (χ0n) is 14.0. The molecule has 0 radical (unpaired) electrons. The molecule has 0 atom stereocenters. The van der Waals surface area contributed by atoms with Gasteiger partial charge in [0.2, 0.25) is 11.8 Å². The van der Waals surface area contributed by atoms with Crippen molar-refractivity contribution in [1.29, 1.82) is 0 Å². The molecule has 2 amide bonds. The van der Waals surface area contributed by atoms with Gasteiger partial charge in [0, 0.05) is 43.0 Å². The number of hydrogen-bond acceptors (Lipinski definition) is 2. The number of nitrogens with zero attached hydrogens (tertiary/aromatic N) is 2. The SMILES string of the molecule is O=C(CCc1cccc(Br)c1)N1CCC(C(=O)N2CCCC2)CC1. The zero-order valence-corrected chi connectivity index (χ0v) is 15.6. The standard InChI is InChI=1S/C19H25BrN2O2/c20-17-5-3-4-15(14-17)6-7-18(23)21-12-8-16(9-13-21)19(24)22-10-1-2-11-22/h3-5,14,16H,1-2,6-13H2.